The van der Waals surface area contributed by atoms with Crippen LogP contribution in [0.1, 0.15) is 18.1 Å². The van der Waals surface area contributed by atoms with E-state index in [1.54, 1.807) is 0 Å². The lowest BCUT2D eigenvalue weighted by molar-refractivity contribution is 0.0140. The van der Waals surface area contributed by atoms with Gasteiger partial charge in [-0.3, -0.25) is 0 Å². The molecular formula is C14H25NO2Si. The highest BCUT2D eigenvalue weighted by Crippen LogP contribution is 2.18. The van der Waals surface area contributed by atoms with Crippen LogP contribution in [-0.4, -0.2) is 38.0 Å². The van der Waals surface area contributed by atoms with E-state index in [-0.39, 0.29) is 0 Å². The molecule has 0 radical (unpaired) electrons. The number of benzene rings is 1. The van der Waals surface area contributed by atoms with Crippen LogP contribution >= 0.6 is 0 Å². The van der Waals surface area contributed by atoms with E-state index in [0.29, 0.717) is 13.0 Å². The van der Waals surface area contributed by atoms with Crippen LogP contribution in [-0.2, 0) is 0 Å². The first kappa shape index (κ1) is 15.4. The summed E-state index contributed by atoms with van der Waals surface area (Å²) in [7, 11) is 0.542. The second-order valence-electron chi connectivity index (χ2n) is 5.78. The Kier molecular flexibility index (Phi) is 5.53. The van der Waals surface area contributed by atoms with Crippen molar-refractivity contribution in [1.29, 1.82) is 0 Å². The van der Waals surface area contributed by atoms with E-state index >= 15 is 0 Å². The van der Waals surface area contributed by atoms with Crippen molar-refractivity contribution in [3.05, 3.63) is 29.8 Å². The maximum absolute atomic E-state index is 10.0. The van der Waals surface area contributed by atoms with Gasteiger partial charge in [0, 0.05) is 0 Å². The van der Waals surface area contributed by atoms with Crippen LogP contribution in [0.25, 0.3) is 0 Å². The smallest absolute Gasteiger partial charge is 0.105 e. The van der Waals surface area contributed by atoms with Gasteiger partial charge in [-0.1, -0.05) is 49.1 Å². The molecule has 0 amide bonds. The molecule has 0 aliphatic heterocycles. The fourth-order valence-electron chi connectivity index (χ4n) is 1.85. The van der Waals surface area contributed by atoms with Gasteiger partial charge in [0.2, 0.25) is 0 Å². The van der Waals surface area contributed by atoms with Crippen LogP contribution in [0.3, 0.4) is 0 Å². The largest absolute Gasteiger partial charge is 0.390 e. The highest BCUT2D eigenvalue weighted by Gasteiger charge is 2.20. The summed E-state index contributed by atoms with van der Waals surface area (Å²) in [5.74, 6) is 0. The van der Waals surface area contributed by atoms with E-state index in [1.165, 1.54) is 5.19 Å². The average Bonchev–Trinajstić information content (AvgIpc) is 2.34. The van der Waals surface area contributed by atoms with Gasteiger partial charge >= 0.3 is 0 Å². The van der Waals surface area contributed by atoms with Gasteiger partial charge in [0.25, 0.3) is 0 Å². The Morgan fingerprint density at radius 3 is 2.11 bits per heavy atom. The summed E-state index contributed by atoms with van der Waals surface area (Å²) < 4.78 is 0. The molecule has 0 aliphatic carbocycles. The Balaban J connectivity index is 2.72. The van der Waals surface area contributed by atoms with Gasteiger partial charge in [0.1, 0.15) is 6.10 Å². The molecule has 0 fully saturated rings. The topological polar surface area (TPSA) is 52.5 Å². The molecule has 1 aromatic rings. The van der Waals surface area contributed by atoms with Crippen LogP contribution in [0.2, 0.25) is 19.6 Å². The first-order valence-electron chi connectivity index (χ1n) is 6.47. The van der Waals surface area contributed by atoms with Crippen LogP contribution < -0.4 is 10.5 Å². The Hall–Kier alpha value is -0.683. The maximum Gasteiger partial charge on any atom is 0.105 e. The minimum absolute atomic E-state index is 0.549. The molecule has 1 aromatic carbocycles. The van der Waals surface area contributed by atoms with Gasteiger partial charge in [-0.25, -0.2) is 0 Å². The first-order valence-corrected chi connectivity index (χ1v) is 9.97. The Morgan fingerprint density at radius 2 is 1.67 bits per heavy atom. The molecule has 0 heterocycles. The number of hydrogen-bond donors (Lipinski definition) is 3. The number of rotatable bonds is 6. The third-order valence-electron chi connectivity index (χ3n) is 3.17. The lowest BCUT2D eigenvalue weighted by Crippen LogP contribution is -2.37. The molecule has 3 N–H and O–H groups in total. The zero-order chi connectivity index (χ0) is 13.8. The van der Waals surface area contributed by atoms with Crippen molar-refractivity contribution in [3.8, 4) is 0 Å². The van der Waals surface area contributed by atoms with Crippen molar-refractivity contribution >= 4 is 13.3 Å². The summed E-state index contributed by atoms with van der Waals surface area (Å²) in [6, 6.07) is 8.02. The molecule has 0 bridgehead atoms. The Bertz CT molecular complexity index is 359. The van der Waals surface area contributed by atoms with Gasteiger partial charge in [0.05, 0.1) is 14.2 Å². The molecule has 2 atom stereocenters. The SMILES string of the molecule is CNCCC(O)C(O)c1ccc([Si](C)(C)C)cc1. The van der Waals surface area contributed by atoms with Crippen LogP contribution in [0.15, 0.2) is 24.3 Å². The van der Waals surface area contributed by atoms with E-state index in [9.17, 15) is 10.2 Å². The highest BCUT2D eigenvalue weighted by molar-refractivity contribution is 6.88. The minimum Gasteiger partial charge on any atom is -0.390 e. The van der Waals surface area contributed by atoms with Gasteiger partial charge < -0.3 is 15.5 Å². The molecule has 1 rings (SSSR count). The first-order chi connectivity index (χ1) is 8.36. The van der Waals surface area contributed by atoms with Crippen molar-refractivity contribution in [1.82, 2.24) is 5.32 Å². The number of nitrogens with one attached hydrogen (secondary N) is 1. The Labute approximate surface area is 111 Å². The van der Waals surface area contributed by atoms with Crippen LogP contribution in [0, 0.1) is 0 Å². The van der Waals surface area contributed by atoms with E-state index in [0.717, 1.165) is 5.56 Å². The van der Waals surface area contributed by atoms with E-state index < -0.39 is 20.3 Å². The number of aliphatic hydroxyl groups excluding tert-OH is 2. The van der Waals surface area contributed by atoms with Crippen molar-refractivity contribution < 1.29 is 10.2 Å². The Morgan fingerprint density at radius 1 is 1.11 bits per heavy atom. The zero-order valence-corrected chi connectivity index (χ0v) is 12.8. The minimum atomic E-state index is -1.29. The van der Waals surface area contributed by atoms with Crippen LogP contribution in [0.5, 0.6) is 0 Å². The molecule has 0 aromatic heterocycles. The van der Waals surface area contributed by atoms with Gasteiger partial charge in [-0.15, -0.1) is 0 Å². The highest BCUT2D eigenvalue weighted by atomic mass is 28.3. The monoisotopic (exact) mass is 267 g/mol. The molecule has 102 valence electrons. The molecule has 0 saturated heterocycles. The molecular weight excluding hydrogens is 242 g/mol. The van der Waals surface area contributed by atoms with Crippen molar-refractivity contribution in [2.24, 2.45) is 0 Å². The molecule has 18 heavy (non-hydrogen) atoms. The second-order valence-corrected chi connectivity index (χ2v) is 10.9. The lowest BCUT2D eigenvalue weighted by Gasteiger charge is -2.20. The fraction of sp³-hybridized carbons (Fsp3) is 0.571. The number of hydrogen-bond acceptors (Lipinski definition) is 3. The third kappa shape index (κ3) is 4.21. The predicted molar refractivity (Wildman–Crippen MR) is 78.9 cm³/mol. The molecule has 3 nitrogen and oxygen atoms in total. The molecule has 4 heteroatoms. The molecule has 0 saturated carbocycles. The third-order valence-corrected chi connectivity index (χ3v) is 5.24. The average molecular weight is 267 g/mol. The summed E-state index contributed by atoms with van der Waals surface area (Å²) in [6.07, 6.45) is -0.961. The zero-order valence-electron chi connectivity index (χ0n) is 11.8. The van der Waals surface area contributed by atoms with Crippen molar-refractivity contribution in [2.45, 2.75) is 38.3 Å². The van der Waals surface area contributed by atoms with E-state index in [1.807, 2.05) is 19.2 Å². The predicted octanol–water partition coefficient (Wildman–Crippen LogP) is 1.24. The summed E-state index contributed by atoms with van der Waals surface area (Å²) in [5, 5.41) is 24.2. The standard InChI is InChI=1S/C14H25NO2Si/c1-15-10-9-13(16)14(17)11-5-7-12(8-6-11)18(2,3)4/h5-8,13-17H,9-10H2,1-4H3. The van der Waals surface area contributed by atoms with E-state index in [2.05, 4.69) is 37.1 Å². The maximum atomic E-state index is 10.0. The summed E-state index contributed by atoms with van der Waals surface area (Å²) in [5.41, 5.74) is 0.792. The second kappa shape index (κ2) is 6.47. The molecule has 2 unspecified atom stereocenters. The van der Waals surface area contributed by atoms with Crippen molar-refractivity contribution in [3.63, 3.8) is 0 Å². The summed E-state index contributed by atoms with van der Waals surface area (Å²) >= 11 is 0. The van der Waals surface area contributed by atoms with Gasteiger partial charge in [-0.05, 0) is 25.6 Å². The quantitative estimate of drug-likeness (QED) is 0.680. The fourth-order valence-corrected chi connectivity index (χ4v) is 3.02. The molecule has 0 spiro atoms. The normalized spacial score (nSPS) is 15.4. The van der Waals surface area contributed by atoms with Crippen molar-refractivity contribution in [2.75, 3.05) is 13.6 Å². The van der Waals surface area contributed by atoms with Crippen LogP contribution in [0.4, 0.5) is 0 Å². The van der Waals surface area contributed by atoms with Gasteiger partial charge in [0.15, 0.2) is 0 Å². The molecule has 0 aliphatic rings. The number of aliphatic hydroxyl groups is 2. The summed E-state index contributed by atoms with van der Waals surface area (Å²) in [6.45, 7) is 7.58. The summed E-state index contributed by atoms with van der Waals surface area (Å²) in [4.78, 5) is 0. The lowest BCUT2D eigenvalue weighted by atomic mass is 10.0. The van der Waals surface area contributed by atoms with Gasteiger partial charge in [-0.2, -0.15) is 0 Å². The van der Waals surface area contributed by atoms with E-state index in [4.69, 9.17) is 0 Å².